The van der Waals surface area contributed by atoms with Crippen molar-refractivity contribution in [3.63, 3.8) is 0 Å². The lowest BCUT2D eigenvalue weighted by molar-refractivity contribution is -0.923. The molecule has 1 saturated carbocycles. The van der Waals surface area contributed by atoms with Crippen LogP contribution in [0.4, 0.5) is 0 Å². The van der Waals surface area contributed by atoms with Crippen molar-refractivity contribution in [2.24, 2.45) is 0 Å². The minimum Gasteiger partial charge on any atom is -0.458 e. The third-order valence-electron chi connectivity index (χ3n) is 5.81. The molecule has 4 heteroatoms. The van der Waals surface area contributed by atoms with Crippen LogP contribution in [-0.2, 0) is 9.53 Å². The number of ether oxygens (including phenoxy) is 1. The second-order valence-corrected chi connectivity index (χ2v) is 7.14. The predicted octanol–water partition coefficient (Wildman–Crippen LogP) is -0.366. The van der Waals surface area contributed by atoms with Gasteiger partial charge in [-0.05, 0) is 25.7 Å². The van der Waals surface area contributed by atoms with Gasteiger partial charge in [0, 0.05) is 25.7 Å². The second kappa shape index (κ2) is 6.44. The lowest BCUT2D eigenvalue weighted by Gasteiger charge is -2.33. The molecule has 3 rings (SSSR count). The number of rotatable bonds is 4. The highest BCUT2D eigenvalue weighted by Crippen LogP contribution is 2.24. The lowest BCUT2D eigenvalue weighted by Crippen LogP contribution is -3.15. The molecular weight excluding hydrogens is 252 g/mol. The van der Waals surface area contributed by atoms with Gasteiger partial charge in [-0.25, -0.2) is 4.79 Å². The maximum atomic E-state index is 12.0. The van der Waals surface area contributed by atoms with Crippen LogP contribution in [0.15, 0.2) is 0 Å². The van der Waals surface area contributed by atoms with Gasteiger partial charge in [-0.2, -0.15) is 0 Å². The van der Waals surface area contributed by atoms with Crippen molar-refractivity contribution >= 4 is 5.97 Å². The van der Waals surface area contributed by atoms with Gasteiger partial charge in [0.05, 0.1) is 25.2 Å². The first-order chi connectivity index (χ1) is 9.72. The molecule has 4 nitrogen and oxygen atoms in total. The van der Waals surface area contributed by atoms with Crippen LogP contribution < -0.4 is 10.2 Å². The molecule has 2 heterocycles. The Labute approximate surface area is 122 Å². The highest BCUT2D eigenvalue weighted by molar-refractivity contribution is 5.70. The summed E-state index contributed by atoms with van der Waals surface area (Å²) in [6.07, 6.45) is 11.6. The Morgan fingerprint density at radius 2 is 1.75 bits per heavy atom. The topological polar surface area (TPSA) is 47.4 Å². The molecule has 1 aliphatic carbocycles. The molecule has 4 atom stereocenters. The molecule has 0 aromatic carbocycles. The van der Waals surface area contributed by atoms with Crippen molar-refractivity contribution in [3.8, 4) is 0 Å². The molecule has 2 bridgehead atoms. The van der Waals surface area contributed by atoms with Gasteiger partial charge >= 0.3 is 5.97 Å². The van der Waals surface area contributed by atoms with E-state index in [4.69, 9.17) is 4.74 Å². The number of piperidine rings is 1. The van der Waals surface area contributed by atoms with Crippen molar-refractivity contribution in [2.45, 2.75) is 82.0 Å². The first-order valence-electron chi connectivity index (χ1n) is 8.58. The van der Waals surface area contributed by atoms with E-state index >= 15 is 0 Å². The SMILES string of the molecule is C[NH+]1[C@@H]2CC[C@H]1CC(OC(=O)C[NH2+]C1CCCCC1)C2. The van der Waals surface area contributed by atoms with Gasteiger partial charge in [0.2, 0.25) is 0 Å². The first-order valence-corrected chi connectivity index (χ1v) is 8.58. The number of hydrogen-bond acceptors (Lipinski definition) is 2. The molecule has 0 spiro atoms. The van der Waals surface area contributed by atoms with Crippen LogP contribution in [0, 0.1) is 0 Å². The molecule has 20 heavy (non-hydrogen) atoms. The van der Waals surface area contributed by atoms with Gasteiger partial charge in [-0.3, -0.25) is 0 Å². The van der Waals surface area contributed by atoms with E-state index < -0.39 is 0 Å². The van der Waals surface area contributed by atoms with E-state index in [0.29, 0.717) is 12.6 Å². The standard InChI is InChI=1S/C16H28N2O2/c1-18-13-7-8-14(18)10-15(9-13)20-16(19)11-17-12-5-3-2-4-6-12/h12-15,17H,2-11H2,1H3/p+2/t13-,14+,15?. The van der Waals surface area contributed by atoms with Gasteiger partial charge < -0.3 is 15.0 Å². The van der Waals surface area contributed by atoms with Gasteiger partial charge in [0.25, 0.3) is 0 Å². The van der Waals surface area contributed by atoms with E-state index in [1.807, 2.05) is 0 Å². The smallest absolute Gasteiger partial charge is 0.361 e. The zero-order valence-electron chi connectivity index (χ0n) is 12.8. The quantitative estimate of drug-likeness (QED) is 0.692. The Morgan fingerprint density at radius 3 is 2.40 bits per heavy atom. The predicted molar refractivity (Wildman–Crippen MR) is 76.5 cm³/mol. The molecular formula is C16H30N2O2+2. The van der Waals surface area contributed by atoms with Crippen LogP contribution in [0.2, 0.25) is 0 Å². The summed E-state index contributed by atoms with van der Waals surface area (Å²) in [5.41, 5.74) is 0. The Kier molecular flexibility index (Phi) is 4.61. The van der Waals surface area contributed by atoms with Crippen molar-refractivity contribution in [1.29, 1.82) is 0 Å². The van der Waals surface area contributed by atoms with E-state index in [1.165, 1.54) is 44.9 Å². The van der Waals surface area contributed by atoms with Gasteiger partial charge in [0.15, 0.2) is 6.54 Å². The number of nitrogens with one attached hydrogen (secondary N) is 1. The van der Waals surface area contributed by atoms with E-state index in [9.17, 15) is 4.79 Å². The van der Waals surface area contributed by atoms with E-state index in [0.717, 1.165) is 24.9 Å². The normalized spacial score (nSPS) is 37.9. The molecule has 114 valence electrons. The molecule has 0 aromatic rings. The highest BCUT2D eigenvalue weighted by atomic mass is 16.5. The number of quaternary nitrogens is 2. The lowest BCUT2D eigenvalue weighted by atomic mass is 9.95. The Morgan fingerprint density at radius 1 is 1.10 bits per heavy atom. The number of hydrogen-bond donors (Lipinski definition) is 2. The maximum Gasteiger partial charge on any atom is 0.361 e. The maximum absolute atomic E-state index is 12.0. The highest BCUT2D eigenvalue weighted by Gasteiger charge is 2.43. The Bertz CT molecular complexity index is 327. The average Bonchev–Trinajstić information content (AvgIpc) is 2.68. The first kappa shape index (κ1) is 14.3. The zero-order valence-corrected chi connectivity index (χ0v) is 12.8. The molecule has 3 fully saturated rings. The summed E-state index contributed by atoms with van der Waals surface area (Å²) in [5, 5.41) is 2.22. The van der Waals surface area contributed by atoms with Gasteiger partial charge in [0.1, 0.15) is 6.10 Å². The van der Waals surface area contributed by atoms with Crippen LogP contribution in [0.3, 0.4) is 0 Å². The number of fused-ring (bicyclic) bond motifs is 2. The second-order valence-electron chi connectivity index (χ2n) is 7.14. The fourth-order valence-corrected chi connectivity index (χ4v) is 4.49. The molecule has 0 amide bonds. The largest absolute Gasteiger partial charge is 0.458 e. The molecule has 2 unspecified atom stereocenters. The van der Waals surface area contributed by atoms with Gasteiger partial charge in [-0.1, -0.05) is 6.42 Å². The molecule has 0 radical (unpaired) electrons. The molecule has 2 saturated heterocycles. The van der Waals surface area contributed by atoms with Crippen LogP contribution in [-0.4, -0.2) is 43.8 Å². The molecule has 3 aliphatic rings. The Balaban J connectivity index is 1.38. The summed E-state index contributed by atoms with van der Waals surface area (Å²) in [4.78, 5) is 13.7. The van der Waals surface area contributed by atoms with Crippen LogP contribution in [0.5, 0.6) is 0 Å². The molecule has 3 N–H and O–H groups in total. The van der Waals surface area contributed by atoms with E-state index in [-0.39, 0.29) is 12.1 Å². The number of carbonyl (C=O) groups is 1. The van der Waals surface area contributed by atoms with Crippen molar-refractivity contribution < 1.29 is 19.7 Å². The third-order valence-corrected chi connectivity index (χ3v) is 5.81. The fraction of sp³-hybridized carbons (Fsp3) is 0.938. The van der Waals surface area contributed by atoms with Gasteiger partial charge in [-0.15, -0.1) is 0 Å². The van der Waals surface area contributed by atoms with Crippen LogP contribution in [0.1, 0.15) is 57.8 Å². The van der Waals surface area contributed by atoms with E-state index in [2.05, 4.69) is 12.4 Å². The van der Waals surface area contributed by atoms with Crippen molar-refractivity contribution in [2.75, 3.05) is 13.6 Å². The third kappa shape index (κ3) is 3.34. The van der Waals surface area contributed by atoms with Crippen molar-refractivity contribution in [3.05, 3.63) is 0 Å². The summed E-state index contributed by atoms with van der Waals surface area (Å²) < 4.78 is 5.73. The summed E-state index contributed by atoms with van der Waals surface area (Å²) in [6.45, 7) is 0.527. The summed E-state index contributed by atoms with van der Waals surface area (Å²) in [7, 11) is 2.30. The summed E-state index contributed by atoms with van der Waals surface area (Å²) in [6, 6.07) is 2.12. The monoisotopic (exact) mass is 282 g/mol. The minimum absolute atomic E-state index is 0.0135. The fourth-order valence-electron chi connectivity index (χ4n) is 4.49. The molecule has 2 aliphatic heterocycles. The van der Waals surface area contributed by atoms with Crippen molar-refractivity contribution in [1.82, 2.24) is 0 Å². The number of nitrogens with two attached hydrogens (primary N) is 1. The van der Waals surface area contributed by atoms with Crippen LogP contribution >= 0.6 is 0 Å². The average molecular weight is 282 g/mol. The summed E-state index contributed by atoms with van der Waals surface area (Å²) >= 11 is 0. The van der Waals surface area contributed by atoms with E-state index in [1.54, 1.807) is 4.90 Å². The summed E-state index contributed by atoms with van der Waals surface area (Å²) in [5.74, 6) is 0.0135. The number of esters is 1. The minimum atomic E-state index is 0.0135. The van der Waals surface area contributed by atoms with Crippen LogP contribution in [0.25, 0.3) is 0 Å². The number of carbonyl (C=O) groups excluding carboxylic acids is 1. The molecule has 0 aromatic heterocycles. The zero-order chi connectivity index (χ0) is 13.9. The Hall–Kier alpha value is -0.610.